The number of hydrogen-bond acceptors (Lipinski definition) is 3. The maximum absolute atomic E-state index is 12.8. The van der Waals surface area contributed by atoms with Crippen LogP contribution in [-0.4, -0.2) is 24.0 Å². The van der Waals surface area contributed by atoms with E-state index in [0.717, 1.165) is 35.4 Å². The standard InChI is InChI=1S/C20H19N3O/c24-20(16-7-5-10-17-15(16)8-6-12-21-17)22-18-9-1-2-11-19(18)23-13-3-4-14-23/h1-2,5-12H,3-4,13-14H2,(H,22,24). The Morgan fingerprint density at radius 2 is 1.79 bits per heavy atom. The number of nitrogens with one attached hydrogen (secondary N) is 1. The van der Waals surface area contributed by atoms with Crippen molar-refractivity contribution in [3.63, 3.8) is 0 Å². The van der Waals surface area contributed by atoms with E-state index in [2.05, 4.69) is 21.3 Å². The minimum absolute atomic E-state index is 0.0970. The minimum atomic E-state index is -0.0970. The molecule has 0 unspecified atom stereocenters. The Bertz CT molecular complexity index is 879. The van der Waals surface area contributed by atoms with Crippen molar-refractivity contribution in [3.05, 3.63) is 66.4 Å². The number of fused-ring (bicyclic) bond motifs is 1. The number of nitrogens with zero attached hydrogens (tertiary/aromatic N) is 2. The van der Waals surface area contributed by atoms with Crippen molar-refractivity contribution in [3.8, 4) is 0 Å². The third kappa shape index (κ3) is 2.71. The topological polar surface area (TPSA) is 45.2 Å². The monoisotopic (exact) mass is 317 g/mol. The van der Waals surface area contributed by atoms with Crippen molar-refractivity contribution in [1.82, 2.24) is 4.98 Å². The highest BCUT2D eigenvalue weighted by atomic mass is 16.1. The summed E-state index contributed by atoms with van der Waals surface area (Å²) in [4.78, 5) is 19.5. The van der Waals surface area contributed by atoms with Gasteiger partial charge in [0.1, 0.15) is 0 Å². The number of rotatable bonds is 3. The average molecular weight is 317 g/mol. The number of anilines is 2. The van der Waals surface area contributed by atoms with E-state index in [1.807, 2.05) is 48.5 Å². The lowest BCUT2D eigenvalue weighted by Crippen LogP contribution is -2.21. The first-order chi connectivity index (χ1) is 11.8. The number of carbonyl (C=O) groups excluding carboxylic acids is 1. The third-order valence-corrected chi connectivity index (χ3v) is 4.49. The van der Waals surface area contributed by atoms with Crippen LogP contribution < -0.4 is 10.2 Å². The van der Waals surface area contributed by atoms with E-state index in [1.165, 1.54) is 12.8 Å². The van der Waals surface area contributed by atoms with Gasteiger partial charge in [0.15, 0.2) is 0 Å². The molecule has 1 fully saturated rings. The molecule has 4 rings (SSSR count). The molecule has 120 valence electrons. The Labute approximate surface area is 141 Å². The molecule has 1 aromatic heterocycles. The van der Waals surface area contributed by atoms with Gasteiger partial charge < -0.3 is 10.2 Å². The molecule has 3 aromatic rings. The largest absolute Gasteiger partial charge is 0.370 e. The number of carbonyl (C=O) groups is 1. The molecule has 0 saturated carbocycles. The first kappa shape index (κ1) is 14.7. The van der Waals surface area contributed by atoms with Crippen LogP contribution in [0.2, 0.25) is 0 Å². The second-order valence-corrected chi connectivity index (χ2v) is 6.04. The molecular weight excluding hydrogens is 298 g/mol. The molecule has 0 aliphatic carbocycles. The van der Waals surface area contributed by atoms with Crippen molar-refractivity contribution in [2.75, 3.05) is 23.3 Å². The van der Waals surface area contributed by atoms with Crippen LogP contribution in [0.15, 0.2) is 60.8 Å². The Morgan fingerprint density at radius 3 is 2.67 bits per heavy atom. The van der Waals surface area contributed by atoms with Gasteiger partial charge in [0.05, 0.1) is 16.9 Å². The minimum Gasteiger partial charge on any atom is -0.370 e. The lowest BCUT2D eigenvalue weighted by Gasteiger charge is -2.21. The van der Waals surface area contributed by atoms with Crippen LogP contribution in [0.3, 0.4) is 0 Å². The maximum atomic E-state index is 12.8. The molecule has 4 heteroatoms. The number of aromatic nitrogens is 1. The molecule has 0 atom stereocenters. The fourth-order valence-electron chi connectivity index (χ4n) is 3.30. The third-order valence-electron chi connectivity index (χ3n) is 4.49. The highest BCUT2D eigenvalue weighted by Crippen LogP contribution is 2.29. The summed E-state index contributed by atoms with van der Waals surface area (Å²) in [6.45, 7) is 2.09. The van der Waals surface area contributed by atoms with Gasteiger partial charge in [-0.15, -0.1) is 0 Å². The van der Waals surface area contributed by atoms with Gasteiger partial charge in [-0.05, 0) is 43.2 Å². The van der Waals surface area contributed by atoms with E-state index in [4.69, 9.17) is 0 Å². The molecule has 1 aliphatic heterocycles. The lowest BCUT2D eigenvalue weighted by atomic mass is 10.1. The smallest absolute Gasteiger partial charge is 0.256 e. The molecule has 0 bridgehead atoms. The van der Waals surface area contributed by atoms with Crippen LogP contribution in [0, 0.1) is 0 Å². The number of pyridine rings is 1. The van der Waals surface area contributed by atoms with Crippen LogP contribution >= 0.6 is 0 Å². The van der Waals surface area contributed by atoms with Crippen molar-refractivity contribution in [1.29, 1.82) is 0 Å². The molecule has 0 spiro atoms. The van der Waals surface area contributed by atoms with Crippen LogP contribution in [0.4, 0.5) is 11.4 Å². The quantitative estimate of drug-likeness (QED) is 0.791. The van der Waals surface area contributed by atoms with Crippen LogP contribution in [-0.2, 0) is 0 Å². The zero-order chi connectivity index (χ0) is 16.4. The highest BCUT2D eigenvalue weighted by Gasteiger charge is 2.17. The molecule has 1 aliphatic rings. The van der Waals surface area contributed by atoms with E-state index in [9.17, 15) is 4.79 Å². The van der Waals surface area contributed by atoms with E-state index in [0.29, 0.717) is 5.56 Å². The van der Waals surface area contributed by atoms with Crippen molar-refractivity contribution < 1.29 is 4.79 Å². The molecule has 1 amide bonds. The van der Waals surface area contributed by atoms with Crippen molar-refractivity contribution in [2.45, 2.75) is 12.8 Å². The lowest BCUT2D eigenvalue weighted by molar-refractivity contribution is 0.102. The fraction of sp³-hybridized carbons (Fsp3) is 0.200. The summed E-state index contributed by atoms with van der Waals surface area (Å²) in [5, 5.41) is 3.96. The molecule has 1 N–H and O–H groups in total. The summed E-state index contributed by atoms with van der Waals surface area (Å²) in [5.74, 6) is -0.0970. The van der Waals surface area contributed by atoms with Gasteiger partial charge in [0.2, 0.25) is 0 Å². The molecule has 1 saturated heterocycles. The zero-order valence-corrected chi connectivity index (χ0v) is 13.4. The predicted octanol–water partition coefficient (Wildman–Crippen LogP) is 4.09. The van der Waals surface area contributed by atoms with Crippen LogP contribution in [0.1, 0.15) is 23.2 Å². The first-order valence-corrected chi connectivity index (χ1v) is 8.32. The number of hydrogen-bond donors (Lipinski definition) is 1. The summed E-state index contributed by atoms with van der Waals surface area (Å²) < 4.78 is 0. The second-order valence-electron chi connectivity index (χ2n) is 6.04. The van der Waals surface area contributed by atoms with E-state index >= 15 is 0 Å². The first-order valence-electron chi connectivity index (χ1n) is 8.32. The van der Waals surface area contributed by atoms with Gasteiger partial charge in [0, 0.05) is 30.2 Å². The van der Waals surface area contributed by atoms with Crippen molar-refractivity contribution in [2.24, 2.45) is 0 Å². The zero-order valence-electron chi connectivity index (χ0n) is 13.4. The molecule has 4 nitrogen and oxygen atoms in total. The summed E-state index contributed by atoms with van der Waals surface area (Å²) >= 11 is 0. The summed E-state index contributed by atoms with van der Waals surface area (Å²) in [7, 11) is 0. The Morgan fingerprint density at radius 1 is 0.958 bits per heavy atom. The van der Waals surface area contributed by atoms with Gasteiger partial charge in [-0.2, -0.15) is 0 Å². The number of amides is 1. The van der Waals surface area contributed by atoms with Gasteiger partial charge in [-0.25, -0.2) is 0 Å². The molecular formula is C20H19N3O. The Hall–Kier alpha value is -2.88. The van der Waals surface area contributed by atoms with Gasteiger partial charge >= 0.3 is 0 Å². The SMILES string of the molecule is O=C(Nc1ccccc1N1CCCC1)c1cccc2ncccc12. The van der Waals surface area contributed by atoms with Gasteiger partial charge in [-0.1, -0.05) is 24.3 Å². The summed E-state index contributed by atoms with van der Waals surface area (Å²) in [6, 6.07) is 17.4. The van der Waals surface area contributed by atoms with Gasteiger partial charge in [-0.3, -0.25) is 9.78 Å². The maximum Gasteiger partial charge on any atom is 0.256 e. The molecule has 2 heterocycles. The molecule has 24 heavy (non-hydrogen) atoms. The average Bonchev–Trinajstić information content (AvgIpc) is 3.16. The van der Waals surface area contributed by atoms with Crippen LogP contribution in [0.25, 0.3) is 10.9 Å². The highest BCUT2D eigenvalue weighted by molar-refractivity contribution is 6.13. The van der Waals surface area contributed by atoms with E-state index < -0.39 is 0 Å². The second kappa shape index (κ2) is 6.32. The van der Waals surface area contributed by atoms with Crippen LogP contribution in [0.5, 0.6) is 0 Å². The van der Waals surface area contributed by atoms with E-state index in [1.54, 1.807) is 6.20 Å². The number of benzene rings is 2. The molecule has 0 radical (unpaired) electrons. The van der Waals surface area contributed by atoms with E-state index in [-0.39, 0.29) is 5.91 Å². The predicted molar refractivity (Wildman–Crippen MR) is 97.6 cm³/mol. The molecule has 2 aromatic carbocycles. The number of para-hydroxylation sites is 2. The Kier molecular flexibility index (Phi) is 3.87. The normalized spacial score (nSPS) is 14.1. The van der Waals surface area contributed by atoms with Gasteiger partial charge in [0.25, 0.3) is 5.91 Å². The van der Waals surface area contributed by atoms with Crippen molar-refractivity contribution >= 4 is 28.2 Å². The summed E-state index contributed by atoms with van der Waals surface area (Å²) in [6.07, 6.45) is 4.15. The Balaban J connectivity index is 1.67. The summed E-state index contributed by atoms with van der Waals surface area (Å²) in [5.41, 5.74) is 3.45. The fourth-order valence-corrected chi connectivity index (χ4v) is 3.30.